The Labute approximate surface area is 252 Å². The number of likely N-dealkylation sites (tertiary alicyclic amines) is 1. The van der Waals surface area contributed by atoms with Crippen molar-refractivity contribution in [1.82, 2.24) is 4.90 Å². The molecule has 2 unspecified atom stereocenters. The molecule has 0 radical (unpaired) electrons. The van der Waals surface area contributed by atoms with Crippen LogP contribution in [0.4, 0.5) is 4.79 Å². The summed E-state index contributed by atoms with van der Waals surface area (Å²) in [6.07, 6.45) is 4.84. The van der Waals surface area contributed by atoms with Gasteiger partial charge in [0.15, 0.2) is 16.1 Å². The number of nitrogens with zero attached hydrogens (tertiary/aromatic N) is 1. The smallest absolute Gasteiger partial charge is 0.410 e. The van der Waals surface area contributed by atoms with E-state index in [1.807, 2.05) is 34.6 Å². The average molecular weight is 606 g/mol. The van der Waals surface area contributed by atoms with Gasteiger partial charge in [-0.05, 0) is 103 Å². The third-order valence-corrected chi connectivity index (χ3v) is 12.8. The number of aliphatic hydroxyl groups excluding tert-OH is 1. The van der Waals surface area contributed by atoms with Crippen molar-refractivity contribution in [2.45, 2.75) is 132 Å². The van der Waals surface area contributed by atoms with Gasteiger partial charge in [0.1, 0.15) is 5.60 Å². The summed E-state index contributed by atoms with van der Waals surface area (Å²) < 4.78 is 47.7. The molecule has 0 spiro atoms. The van der Waals surface area contributed by atoms with Gasteiger partial charge in [0.05, 0.1) is 28.4 Å². The Kier molecular flexibility index (Phi) is 9.35. The Balaban J connectivity index is 1.63. The molecule has 236 valence electrons. The van der Waals surface area contributed by atoms with E-state index in [1.54, 1.807) is 42.3 Å². The Morgan fingerprint density at radius 2 is 1.71 bits per heavy atom. The van der Waals surface area contributed by atoms with E-state index in [-0.39, 0.29) is 47.0 Å². The van der Waals surface area contributed by atoms with E-state index in [0.717, 1.165) is 44.9 Å². The van der Waals surface area contributed by atoms with Gasteiger partial charge in [0, 0.05) is 19.1 Å². The molecule has 2 aliphatic heterocycles. The number of aliphatic hydroxyl groups is 1. The fourth-order valence-corrected chi connectivity index (χ4v) is 11.2. The summed E-state index contributed by atoms with van der Waals surface area (Å²) in [6, 6.07) is 7.70. The number of ether oxygens (including phenoxy) is 3. The molecule has 5 rings (SSSR count). The zero-order valence-electron chi connectivity index (χ0n) is 26.1. The summed E-state index contributed by atoms with van der Waals surface area (Å²) in [4.78, 5) is 15.5. The van der Waals surface area contributed by atoms with Crippen LogP contribution in [0.15, 0.2) is 35.2 Å². The zero-order chi connectivity index (χ0) is 30.4. The molecule has 1 aromatic rings. The summed E-state index contributed by atoms with van der Waals surface area (Å²) in [7, 11) is -2.35. The van der Waals surface area contributed by atoms with Crippen molar-refractivity contribution >= 4 is 15.9 Å². The van der Waals surface area contributed by atoms with Crippen molar-refractivity contribution in [1.29, 1.82) is 0 Å². The molecule has 0 aromatic heterocycles. The predicted octanol–water partition coefficient (Wildman–Crippen LogP) is 5.82. The van der Waals surface area contributed by atoms with Gasteiger partial charge >= 0.3 is 6.09 Å². The molecule has 0 bridgehead atoms. The van der Waals surface area contributed by atoms with Gasteiger partial charge in [-0.3, -0.25) is 4.90 Å². The van der Waals surface area contributed by atoms with E-state index in [2.05, 4.69) is 0 Å². The molecule has 4 aliphatic rings. The SMILES string of the molecule is CO[C@H]1O[C@@H](C)[C@@H]2[C@@H]1C[C@H]1CCCC[C@@H]1[C@H]2C(C(O)[C@@H]1CCC[C@@H](C)N1C(=O)OC(C)(C)C)S(=O)(=O)c1ccccc1. The van der Waals surface area contributed by atoms with E-state index in [4.69, 9.17) is 14.2 Å². The maximum atomic E-state index is 14.9. The van der Waals surface area contributed by atoms with E-state index >= 15 is 0 Å². The number of hydrogen-bond acceptors (Lipinski definition) is 7. The first-order chi connectivity index (χ1) is 19.8. The van der Waals surface area contributed by atoms with Crippen LogP contribution < -0.4 is 0 Å². The second-order valence-electron chi connectivity index (χ2n) is 14.3. The van der Waals surface area contributed by atoms with Crippen molar-refractivity contribution in [2.24, 2.45) is 29.6 Å². The lowest BCUT2D eigenvalue weighted by Crippen LogP contribution is -2.62. The molecule has 1 N–H and O–H groups in total. The highest BCUT2D eigenvalue weighted by Crippen LogP contribution is 2.57. The molecule has 2 heterocycles. The number of hydrogen-bond donors (Lipinski definition) is 1. The highest BCUT2D eigenvalue weighted by molar-refractivity contribution is 7.92. The van der Waals surface area contributed by atoms with Crippen LogP contribution >= 0.6 is 0 Å². The zero-order valence-corrected chi connectivity index (χ0v) is 27.0. The molecular weight excluding hydrogens is 554 g/mol. The van der Waals surface area contributed by atoms with Gasteiger partial charge in [-0.1, -0.05) is 37.5 Å². The Hall–Kier alpha value is -1.68. The van der Waals surface area contributed by atoms with Gasteiger partial charge in [0.25, 0.3) is 0 Å². The minimum absolute atomic E-state index is 0.0576. The number of sulfone groups is 1. The maximum absolute atomic E-state index is 14.9. The number of fused-ring (bicyclic) bond motifs is 2. The highest BCUT2D eigenvalue weighted by atomic mass is 32.2. The largest absolute Gasteiger partial charge is 0.444 e. The third-order valence-electron chi connectivity index (χ3n) is 10.5. The standard InChI is InChI=1S/C33H51NO7S/c1-20-13-12-18-26(34(20)32(36)41-33(3,4)5)29(35)30(42(37,38)23-15-8-7-9-16-23)28-24-17-11-10-14-22(24)19-25-27(28)21(2)40-31(25)39-6/h7-9,15-16,20-22,24-31,35H,10-14,17-19H2,1-6H3/t20-,21+,22-,24+,25+,26+,27-,28-,29?,30?,31+/m1/s1. The van der Waals surface area contributed by atoms with Crippen molar-refractivity contribution < 1.29 is 32.5 Å². The first-order valence-electron chi connectivity index (χ1n) is 16.0. The summed E-state index contributed by atoms with van der Waals surface area (Å²) in [5.74, 6) is 0.146. The predicted molar refractivity (Wildman–Crippen MR) is 160 cm³/mol. The molecule has 1 aromatic carbocycles. The lowest BCUT2D eigenvalue weighted by molar-refractivity contribution is -0.132. The topological polar surface area (TPSA) is 102 Å². The number of benzene rings is 1. The van der Waals surface area contributed by atoms with Crippen molar-refractivity contribution in [3.8, 4) is 0 Å². The summed E-state index contributed by atoms with van der Waals surface area (Å²) in [6.45, 7) is 9.47. The maximum Gasteiger partial charge on any atom is 0.410 e. The number of carbonyl (C=O) groups is 1. The Morgan fingerprint density at radius 1 is 1.02 bits per heavy atom. The first-order valence-corrected chi connectivity index (χ1v) is 17.6. The first kappa shape index (κ1) is 31.7. The van der Waals surface area contributed by atoms with E-state index in [9.17, 15) is 18.3 Å². The minimum atomic E-state index is -4.01. The highest BCUT2D eigenvalue weighted by Gasteiger charge is 2.60. The van der Waals surface area contributed by atoms with Crippen LogP contribution in [0.25, 0.3) is 0 Å². The number of methoxy groups -OCH3 is 1. The van der Waals surface area contributed by atoms with Crippen LogP contribution in [0, 0.1) is 29.6 Å². The van der Waals surface area contributed by atoms with E-state index in [0.29, 0.717) is 12.3 Å². The van der Waals surface area contributed by atoms with Gasteiger partial charge < -0.3 is 19.3 Å². The molecule has 9 heteroatoms. The van der Waals surface area contributed by atoms with Crippen molar-refractivity contribution in [3.63, 3.8) is 0 Å². The molecule has 11 atom stereocenters. The fourth-order valence-electron chi connectivity index (χ4n) is 8.96. The summed E-state index contributed by atoms with van der Waals surface area (Å²) >= 11 is 0. The van der Waals surface area contributed by atoms with Crippen LogP contribution in [0.1, 0.15) is 86.0 Å². The molecule has 8 nitrogen and oxygen atoms in total. The van der Waals surface area contributed by atoms with E-state index < -0.39 is 38.9 Å². The average Bonchev–Trinajstić information content (AvgIpc) is 3.26. The molecule has 2 saturated carbocycles. The van der Waals surface area contributed by atoms with Gasteiger partial charge in [-0.25, -0.2) is 13.2 Å². The van der Waals surface area contributed by atoms with Crippen LogP contribution in [0.2, 0.25) is 0 Å². The van der Waals surface area contributed by atoms with Gasteiger partial charge in [0.2, 0.25) is 0 Å². The minimum Gasteiger partial charge on any atom is -0.444 e. The normalized spacial score (nSPS) is 36.9. The van der Waals surface area contributed by atoms with Crippen LogP contribution in [0.3, 0.4) is 0 Å². The molecule has 4 fully saturated rings. The number of rotatable bonds is 6. The Bertz CT molecular complexity index is 1180. The van der Waals surface area contributed by atoms with E-state index in [1.165, 1.54) is 0 Å². The quantitative estimate of drug-likeness (QED) is 0.436. The van der Waals surface area contributed by atoms with Gasteiger partial charge in [-0.15, -0.1) is 0 Å². The van der Waals surface area contributed by atoms with Crippen molar-refractivity contribution in [2.75, 3.05) is 7.11 Å². The number of carbonyl (C=O) groups excluding carboxylic acids is 1. The van der Waals surface area contributed by atoms with Crippen LogP contribution in [-0.2, 0) is 24.0 Å². The van der Waals surface area contributed by atoms with Crippen LogP contribution in [0.5, 0.6) is 0 Å². The second kappa shape index (κ2) is 12.4. The van der Waals surface area contributed by atoms with Crippen LogP contribution in [-0.4, -0.2) is 73.1 Å². The molecule has 42 heavy (non-hydrogen) atoms. The molecule has 2 saturated heterocycles. The summed E-state index contributed by atoms with van der Waals surface area (Å²) in [5, 5.41) is 11.4. The monoisotopic (exact) mass is 605 g/mol. The lowest BCUT2D eigenvalue weighted by Gasteiger charge is -2.53. The Morgan fingerprint density at radius 3 is 2.38 bits per heavy atom. The second-order valence-corrected chi connectivity index (χ2v) is 16.4. The number of amides is 1. The third kappa shape index (κ3) is 6.00. The number of piperidine rings is 1. The van der Waals surface area contributed by atoms with Gasteiger partial charge in [-0.2, -0.15) is 0 Å². The molecule has 1 amide bonds. The fraction of sp³-hybridized carbons (Fsp3) is 0.788. The molecular formula is C33H51NO7S. The molecule has 2 aliphatic carbocycles. The van der Waals surface area contributed by atoms with Crippen molar-refractivity contribution in [3.05, 3.63) is 30.3 Å². The summed E-state index contributed by atoms with van der Waals surface area (Å²) in [5.41, 5.74) is -0.711. The lowest BCUT2D eigenvalue weighted by atomic mass is 9.56.